The van der Waals surface area contributed by atoms with Gasteiger partial charge in [-0.15, -0.1) is 11.3 Å². The van der Waals surface area contributed by atoms with Gasteiger partial charge in [0.05, 0.1) is 40.0 Å². The van der Waals surface area contributed by atoms with Crippen LogP contribution in [0.15, 0.2) is 54.9 Å². The van der Waals surface area contributed by atoms with Crippen LogP contribution in [0.4, 0.5) is 14.9 Å². The first-order valence-corrected chi connectivity index (χ1v) is 16.1. The Morgan fingerprint density at radius 2 is 1.91 bits per heavy atom. The van der Waals surface area contributed by atoms with E-state index in [1.807, 2.05) is 32.0 Å². The number of carbonyl (C=O) groups is 3. The molecular weight excluding hydrogens is 625 g/mol. The molecule has 47 heavy (non-hydrogen) atoms. The van der Waals surface area contributed by atoms with Crippen molar-refractivity contribution in [1.29, 1.82) is 0 Å². The van der Waals surface area contributed by atoms with Gasteiger partial charge in [0.2, 0.25) is 11.8 Å². The number of aromatic nitrogens is 2. The van der Waals surface area contributed by atoms with Crippen molar-refractivity contribution in [1.82, 2.24) is 25.5 Å². The van der Waals surface area contributed by atoms with E-state index >= 15 is 0 Å². The number of halogens is 1. The van der Waals surface area contributed by atoms with Crippen LogP contribution in [0.3, 0.4) is 0 Å². The van der Waals surface area contributed by atoms with Gasteiger partial charge in [-0.25, -0.2) is 9.18 Å². The molecule has 4 amide bonds. The van der Waals surface area contributed by atoms with Gasteiger partial charge in [0.15, 0.2) is 11.6 Å². The van der Waals surface area contributed by atoms with Crippen molar-refractivity contribution in [3.8, 4) is 22.1 Å². The summed E-state index contributed by atoms with van der Waals surface area (Å²) in [5.41, 5.74) is 8.37. The second-order valence-electron chi connectivity index (χ2n) is 11.6. The summed E-state index contributed by atoms with van der Waals surface area (Å²) in [5, 5.41) is 8.06. The lowest BCUT2D eigenvalue weighted by Gasteiger charge is -2.23. The zero-order valence-corrected chi connectivity index (χ0v) is 27.2. The number of benzene rings is 1. The second-order valence-corrected chi connectivity index (χ2v) is 12.7. The van der Waals surface area contributed by atoms with E-state index in [1.165, 1.54) is 23.5 Å². The summed E-state index contributed by atoms with van der Waals surface area (Å²) in [5.74, 6) is -0.859. The van der Waals surface area contributed by atoms with Gasteiger partial charge in [-0.1, -0.05) is 19.9 Å². The molecule has 0 bridgehead atoms. The number of carbonyl (C=O) groups excluding carboxylic acids is 3. The van der Waals surface area contributed by atoms with Gasteiger partial charge in [0.25, 0.3) is 0 Å². The Bertz CT molecular complexity index is 1730. The van der Waals surface area contributed by atoms with E-state index in [0.29, 0.717) is 40.5 Å². The van der Waals surface area contributed by atoms with E-state index in [-0.39, 0.29) is 48.6 Å². The Labute approximate surface area is 275 Å². The highest BCUT2D eigenvalue weighted by Gasteiger charge is 2.24. The van der Waals surface area contributed by atoms with E-state index in [1.54, 1.807) is 36.5 Å². The lowest BCUT2D eigenvalue weighted by molar-refractivity contribution is -0.134. The summed E-state index contributed by atoms with van der Waals surface area (Å²) in [7, 11) is 1.56. The molecule has 3 heterocycles. The number of ether oxygens (including phenoxy) is 2. The van der Waals surface area contributed by atoms with Crippen LogP contribution >= 0.6 is 11.3 Å². The largest absolute Gasteiger partial charge is 0.453 e. The molecule has 1 aliphatic carbocycles. The first-order chi connectivity index (χ1) is 22.6. The van der Waals surface area contributed by atoms with E-state index in [9.17, 15) is 18.8 Å². The predicted octanol–water partition coefficient (Wildman–Crippen LogP) is 4.65. The fourth-order valence-corrected chi connectivity index (χ4v) is 5.60. The first kappa shape index (κ1) is 33.7. The van der Waals surface area contributed by atoms with Gasteiger partial charge in [-0.05, 0) is 48.6 Å². The van der Waals surface area contributed by atoms with Crippen molar-refractivity contribution >= 4 is 45.1 Å². The molecule has 1 saturated carbocycles. The Morgan fingerprint density at radius 1 is 1.11 bits per heavy atom. The molecule has 12 nitrogen and oxygen atoms in total. The van der Waals surface area contributed by atoms with Gasteiger partial charge in [0, 0.05) is 56.5 Å². The number of nitrogens with two attached hydrogens (primary N) is 1. The molecule has 0 unspecified atom stereocenters. The van der Waals surface area contributed by atoms with Crippen LogP contribution in [0.1, 0.15) is 32.3 Å². The predicted molar refractivity (Wildman–Crippen MR) is 178 cm³/mol. The summed E-state index contributed by atoms with van der Waals surface area (Å²) in [6.45, 7) is 4.46. The number of rotatable bonds is 14. The molecule has 0 saturated heterocycles. The van der Waals surface area contributed by atoms with E-state index in [0.717, 1.165) is 23.3 Å². The molecule has 14 heteroatoms. The normalized spacial score (nSPS) is 13.3. The van der Waals surface area contributed by atoms with Crippen molar-refractivity contribution in [2.45, 2.75) is 45.3 Å². The quantitative estimate of drug-likeness (QED) is 0.152. The minimum atomic E-state index is -0.694. The number of hydrogen-bond donors (Lipinski definition) is 4. The SMILES string of the molecule is COCCN(Cc1ccc(-c2cc3nccc(Oc4ccc(NC(=O)NC5CC5)cc4F)c3s2)nc1)C(=O)CNC(=O)[C@@H](N)C(C)C. The fraction of sp³-hybridized carbons (Fsp3) is 0.364. The summed E-state index contributed by atoms with van der Waals surface area (Å²) >= 11 is 1.41. The monoisotopic (exact) mass is 663 g/mol. The summed E-state index contributed by atoms with van der Waals surface area (Å²) in [4.78, 5) is 48.7. The number of nitrogens with one attached hydrogen (secondary N) is 3. The molecular formula is C33H38FN7O5S. The van der Waals surface area contributed by atoms with Crippen LogP contribution in [-0.2, 0) is 20.9 Å². The van der Waals surface area contributed by atoms with Crippen LogP contribution in [0.5, 0.6) is 11.5 Å². The minimum Gasteiger partial charge on any atom is -0.453 e. The van der Waals surface area contributed by atoms with E-state index in [2.05, 4.69) is 25.9 Å². The molecule has 1 atom stereocenters. The Morgan fingerprint density at radius 3 is 2.60 bits per heavy atom. The van der Waals surface area contributed by atoms with Gasteiger partial charge in [-0.3, -0.25) is 19.6 Å². The van der Waals surface area contributed by atoms with Crippen molar-refractivity contribution in [3.63, 3.8) is 0 Å². The van der Waals surface area contributed by atoms with Crippen LogP contribution in [-0.4, -0.2) is 71.6 Å². The first-order valence-electron chi connectivity index (χ1n) is 15.3. The number of urea groups is 1. The number of anilines is 1. The Balaban J connectivity index is 1.25. The molecule has 4 aromatic rings. The Kier molecular flexibility index (Phi) is 11.0. The molecule has 5 N–H and O–H groups in total. The molecule has 3 aromatic heterocycles. The molecule has 1 aliphatic rings. The molecule has 0 radical (unpaired) electrons. The van der Waals surface area contributed by atoms with Gasteiger partial charge >= 0.3 is 6.03 Å². The number of hydrogen-bond acceptors (Lipinski definition) is 9. The third kappa shape index (κ3) is 8.99. The summed E-state index contributed by atoms with van der Waals surface area (Å²) < 4.78 is 26.8. The average molecular weight is 664 g/mol. The molecule has 5 rings (SSSR count). The highest BCUT2D eigenvalue weighted by molar-refractivity contribution is 7.22. The summed E-state index contributed by atoms with van der Waals surface area (Å²) in [6, 6.07) is 10.7. The van der Waals surface area contributed by atoms with Crippen molar-refractivity contribution in [3.05, 3.63) is 66.2 Å². The van der Waals surface area contributed by atoms with Crippen molar-refractivity contribution in [2.24, 2.45) is 11.7 Å². The van der Waals surface area contributed by atoms with Gasteiger partial charge in [0.1, 0.15) is 5.75 Å². The highest BCUT2D eigenvalue weighted by atomic mass is 32.1. The minimum absolute atomic E-state index is 0.0120. The van der Waals surface area contributed by atoms with Crippen LogP contribution < -0.4 is 26.4 Å². The van der Waals surface area contributed by atoms with Crippen LogP contribution in [0.25, 0.3) is 20.8 Å². The third-order valence-corrected chi connectivity index (χ3v) is 8.66. The topological polar surface area (TPSA) is 161 Å². The van der Waals surface area contributed by atoms with Gasteiger partial charge in [-0.2, -0.15) is 0 Å². The zero-order chi connectivity index (χ0) is 33.5. The third-order valence-electron chi connectivity index (χ3n) is 7.50. The molecule has 0 aliphatic heterocycles. The standard InChI is InChI=1S/C33H38FN7O5S/c1-19(2)30(35)32(43)38-17-29(42)41(12-13-45-3)18-20-4-8-24(37-16-20)28-15-25-31(47-28)27(10-11-36-25)46-26-9-7-22(14-23(26)34)40-33(44)39-21-5-6-21/h4,7-11,14-16,19,21,30H,5-6,12-13,17-18,35H2,1-3H3,(H,38,43)(H2,39,40,44)/t30-/m0/s1. The van der Waals surface area contributed by atoms with E-state index < -0.39 is 11.9 Å². The zero-order valence-electron chi connectivity index (χ0n) is 26.4. The van der Waals surface area contributed by atoms with E-state index in [4.69, 9.17) is 15.2 Å². The van der Waals surface area contributed by atoms with Crippen molar-refractivity contribution in [2.75, 3.05) is 32.1 Å². The lowest BCUT2D eigenvalue weighted by Crippen LogP contribution is -2.48. The average Bonchev–Trinajstić information content (AvgIpc) is 3.76. The Hall–Kier alpha value is -4.66. The maximum Gasteiger partial charge on any atom is 0.319 e. The number of methoxy groups -OCH3 is 1. The number of pyridine rings is 2. The smallest absolute Gasteiger partial charge is 0.319 e. The maximum atomic E-state index is 14.9. The lowest BCUT2D eigenvalue weighted by atomic mass is 10.1. The number of thiophene rings is 1. The molecule has 248 valence electrons. The molecule has 1 aromatic carbocycles. The maximum absolute atomic E-state index is 14.9. The number of fused-ring (bicyclic) bond motifs is 1. The summed E-state index contributed by atoms with van der Waals surface area (Å²) in [6.07, 6.45) is 5.19. The second kappa shape index (κ2) is 15.3. The number of nitrogens with zero attached hydrogens (tertiary/aromatic N) is 3. The highest BCUT2D eigenvalue weighted by Crippen LogP contribution is 2.39. The van der Waals surface area contributed by atoms with Gasteiger partial charge < -0.3 is 36.1 Å². The van der Waals surface area contributed by atoms with Crippen molar-refractivity contribution < 1.29 is 28.2 Å². The molecule has 1 fully saturated rings. The van der Waals surface area contributed by atoms with Crippen LogP contribution in [0.2, 0.25) is 0 Å². The van der Waals surface area contributed by atoms with Crippen LogP contribution in [0, 0.1) is 11.7 Å². The fourth-order valence-electron chi connectivity index (χ4n) is 4.55. The molecule has 0 spiro atoms. The number of amides is 4.